The third-order valence-electron chi connectivity index (χ3n) is 2.40. The average molecular weight is 272 g/mol. The van der Waals surface area contributed by atoms with Crippen molar-refractivity contribution in [1.29, 1.82) is 0 Å². The minimum absolute atomic E-state index is 0.0658. The van der Waals surface area contributed by atoms with Gasteiger partial charge in [0.15, 0.2) is 0 Å². The van der Waals surface area contributed by atoms with E-state index in [1.165, 1.54) is 11.3 Å². The largest absolute Gasteiger partial charge is 0.481 e. The first-order chi connectivity index (χ1) is 8.50. The highest BCUT2D eigenvalue weighted by Crippen LogP contribution is 2.15. The minimum atomic E-state index is -0.989. The summed E-state index contributed by atoms with van der Waals surface area (Å²) in [4.78, 5) is 21.8. The lowest BCUT2D eigenvalue weighted by atomic mass is 10.1. The van der Waals surface area contributed by atoms with Gasteiger partial charge in [-0.05, 0) is 28.8 Å². The van der Waals surface area contributed by atoms with Crippen LogP contribution < -0.4 is 11.1 Å². The van der Waals surface area contributed by atoms with Crippen LogP contribution >= 0.6 is 11.3 Å². The molecule has 1 aromatic rings. The summed E-state index contributed by atoms with van der Waals surface area (Å²) in [6.07, 6.45) is -0.843. The zero-order valence-corrected chi connectivity index (χ0v) is 10.5. The molecule has 1 heterocycles. The molecule has 0 saturated heterocycles. The SMILES string of the molecule is NC(CCC(=O)O)C(=O)NCC(O)c1ccsc1. The molecule has 1 aromatic heterocycles. The number of carboxylic acid groups (broad SMARTS) is 1. The van der Waals surface area contributed by atoms with E-state index in [9.17, 15) is 14.7 Å². The zero-order chi connectivity index (χ0) is 13.5. The van der Waals surface area contributed by atoms with Crippen LogP contribution in [0.3, 0.4) is 0 Å². The van der Waals surface area contributed by atoms with E-state index < -0.39 is 24.0 Å². The number of thiophene rings is 1. The molecular formula is C11H16N2O4S. The molecular weight excluding hydrogens is 256 g/mol. The van der Waals surface area contributed by atoms with Gasteiger partial charge in [-0.1, -0.05) is 0 Å². The Labute approximate surface area is 108 Å². The Bertz CT molecular complexity index is 394. The van der Waals surface area contributed by atoms with Crippen LogP contribution in [0.2, 0.25) is 0 Å². The molecule has 100 valence electrons. The number of rotatable bonds is 7. The summed E-state index contributed by atoms with van der Waals surface area (Å²) in [6, 6.07) is 0.905. The van der Waals surface area contributed by atoms with Crippen molar-refractivity contribution in [3.05, 3.63) is 22.4 Å². The predicted octanol–water partition coefficient (Wildman–Crippen LogP) is 0.0898. The second-order valence-electron chi connectivity index (χ2n) is 3.86. The normalized spacial score (nSPS) is 13.9. The lowest BCUT2D eigenvalue weighted by Gasteiger charge is -2.14. The smallest absolute Gasteiger partial charge is 0.303 e. The third-order valence-corrected chi connectivity index (χ3v) is 3.11. The van der Waals surface area contributed by atoms with Crippen LogP contribution in [0, 0.1) is 0 Å². The summed E-state index contributed by atoms with van der Waals surface area (Å²) in [6.45, 7) is 0.0658. The number of carboxylic acids is 1. The number of hydrogen-bond acceptors (Lipinski definition) is 5. The topological polar surface area (TPSA) is 113 Å². The maximum atomic E-state index is 11.5. The first kappa shape index (κ1) is 14.6. The molecule has 6 nitrogen and oxygen atoms in total. The molecule has 0 bridgehead atoms. The predicted molar refractivity (Wildman–Crippen MR) is 67.1 cm³/mol. The van der Waals surface area contributed by atoms with E-state index in [-0.39, 0.29) is 19.4 Å². The summed E-state index contributed by atoms with van der Waals surface area (Å²) in [5.74, 6) is -1.44. The first-order valence-corrected chi connectivity index (χ1v) is 6.40. The number of hydrogen-bond donors (Lipinski definition) is 4. The molecule has 0 aromatic carbocycles. The van der Waals surface area contributed by atoms with Crippen LogP contribution in [0.15, 0.2) is 16.8 Å². The minimum Gasteiger partial charge on any atom is -0.481 e. The molecule has 2 atom stereocenters. The van der Waals surface area contributed by atoms with Gasteiger partial charge >= 0.3 is 5.97 Å². The lowest BCUT2D eigenvalue weighted by molar-refractivity contribution is -0.137. The summed E-state index contributed by atoms with van der Waals surface area (Å²) >= 11 is 1.46. The number of aliphatic carboxylic acids is 1. The molecule has 0 aliphatic rings. The van der Waals surface area contributed by atoms with Crippen molar-refractivity contribution in [2.45, 2.75) is 25.0 Å². The van der Waals surface area contributed by atoms with Crippen molar-refractivity contribution >= 4 is 23.2 Å². The number of carbonyl (C=O) groups excluding carboxylic acids is 1. The molecule has 0 aliphatic carbocycles. The van der Waals surface area contributed by atoms with Crippen LogP contribution in [0.25, 0.3) is 0 Å². The second-order valence-corrected chi connectivity index (χ2v) is 4.64. The lowest BCUT2D eigenvalue weighted by Crippen LogP contribution is -2.42. The highest BCUT2D eigenvalue weighted by Gasteiger charge is 2.16. The van der Waals surface area contributed by atoms with Gasteiger partial charge in [0, 0.05) is 13.0 Å². The van der Waals surface area contributed by atoms with E-state index in [1.807, 2.05) is 5.38 Å². The number of aliphatic hydroxyl groups is 1. The van der Waals surface area contributed by atoms with E-state index in [0.29, 0.717) is 0 Å². The third kappa shape index (κ3) is 4.82. The van der Waals surface area contributed by atoms with Crippen molar-refractivity contribution in [3.8, 4) is 0 Å². The second kappa shape index (κ2) is 7.10. The number of amides is 1. The van der Waals surface area contributed by atoms with Gasteiger partial charge in [0.2, 0.25) is 5.91 Å². The Kier molecular flexibility index (Phi) is 5.76. The van der Waals surface area contributed by atoms with Crippen molar-refractivity contribution in [3.63, 3.8) is 0 Å². The molecule has 0 spiro atoms. The van der Waals surface area contributed by atoms with Crippen LogP contribution in [0.4, 0.5) is 0 Å². The van der Waals surface area contributed by atoms with Gasteiger partial charge in [-0.3, -0.25) is 9.59 Å². The van der Waals surface area contributed by atoms with Gasteiger partial charge < -0.3 is 21.3 Å². The number of nitrogens with two attached hydrogens (primary N) is 1. The van der Waals surface area contributed by atoms with Gasteiger partial charge in [-0.15, -0.1) is 0 Å². The average Bonchev–Trinajstić information content (AvgIpc) is 2.86. The number of carbonyl (C=O) groups is 2. The summed E-state index contributed by atoms with van der Waals surface area (Å²) in [7, 11) is 0. The summed E-state index contributed by atoms with van der Waals surface area (Å²) in [5.41, 5.74) is 6.25. The molecule has 1 amide bonds. The van der Waals surface area contributed by atoms with Gasteiger partial charge in [-0.2, -0.15) is 11.3 Å². The Morgan fingerprint density at radius 3 is 2.78 bits per heavy atom. The summed E-state index contributed by atoms with van der Waals surface area (Å²) < 4.78 is 0. The van der Waals surface area contributed by atoms with Crippen LogP contribution in [0.5, 0.6) is 0 Å². The van der Waals surface area contributed by atoms with Gasteiger partial charge in [0.1, 0.15) is 0 Å². The maximum absolute atomic E-state index is 11.5. The van der Waals surface area contributed by atoms with E-state index >= 15 is 0 Å². The molecule has 2 unspecified atom stereocenters. The molecule has 0 saturated carbocycles. The van der Waals surface area contributed by atoms with Gasteiger partial charge in [-0.25, -0.2) is 0 Å². The highest BCUT2D eigenvalue weighted by atomic mass is 32.1. The van der Waals surface area contributed by atoms with E-state index in [4.69, 9.17) is 10.8 Å². The van der Waals surface area contributed by atoms with E-state index in [0.717, 1.165) is 5.56 Å². The first-order valence-electron chi connectivity index (χ1n) is 5.46. The van der Waals surface area contributed by atoms with Gasteiger partial charge in [0.05, 0.1) is 12.1 Å². The van der Waals surface area contributed by atoms with E-state index in [1.54, 1.807) is 11.4 Å². The number of aliphatic hydroxyl groups excluding tert-OH is 1. The molecule has 0 radical (unpaired) electrons. The quantitative estimate of drug-likeness (QED) is 0.562. The molecule has 0 aliphatic heterocycles. The molecule has 0 fully saturated rings. The standard InChI is InChI=1S/C11H16N2O4S/c12-8(1-2-10(15)16)11(17)13-5-9(14)7-3-4-18-6-7/h3-4,6,8-9,14H,1-2,5,12H2,(H,13,17)(H,15,16). The van der Waals surface area contributed by atoms with E-state index in [2.05, 4.69) is 5.32 Å². The maximum Gasteiger partial charge on any atom is 0.303 e. The molecule has 5 N–H and O–H groups in total. The Morgan fingerprint density at radius 1 is 1.50 bits per heavy atom. The molecule has 18 heavy (non-hydrogen) atoms. The van der Waals surface area contributed by atoms with Crippen molar-refractivity contribution in [2.24, 2.45) is 5.73 Å². The fraction of sp³-hybridized carbons (Fsp3) is 0.455. The Balaban J connectivity index is 2.30. The monoisotopic (exact) mass is 272 g/mol. The van der Waals surface area contributed by atoms with Crippen LogP contribution in [-0.2, 0) is 9.59 Å². The van der Waals surface area contributed by atoms with Crippen molar-refractivity contribution in [2.75, 3.05) is 6.54 Å². The summed E-state index contributed by atoms with van der Waals surface area (Å²) in [5, 5.41) is 24.3. The van der Waals surface area contributed by atoms with Crippen molar-refractivity contribution in [1.82, 2.24) is 5.32 Å². The fourth-order valence-electron chi connectivity index (χ4n) is 1.32. The zero-order valence-electron chi connectivity index (χ0n) is 9.70. The van der Waals surface area contributed by atoms with Crippen LogP contribution in [-0.4, -0.2) is 34.7 Å². The van der Waals surface area contributed by atoms with Crippen LogP contribution in [0.1, 0.15) is 24.5 Å². The molecule has 7 heteroatoms. The Hall–Kier alpha value is -1.44. The van der Waals surface area contributed by atoms with Gasteiger partial charge in [0.25, 0.3) is 0 Å². The highest BCUT2D eigenvalue weighted by molar-refractivity contribution is 7.07. The van der Waals surface area contributed by atoms with Crippen molar-refractivity contribution < 1.29 is 19.8 Å². The Morgan fingerprint density at radius 2 is 2.22 bits per heavy atom. The number of nitrogens with one attached hydrogen (secondary N) is 1. The molecule has 1 rings (SSSR count). The fourth-order valence-corrected chi connectivity index (χ4v) is 2.03.